The van der Waals surface area contributed by atoms with Gasteiger partial charge in [0.15, 0.2) is 0 Å². The van der Waals surface area contributed by atoms with E-state index in [1.54, 1.807) is 0 Å². The minimum atomic E-state index is 0.722. The van der Waals surface area contributed by atoms with Crippen molar-refractivity contribution in [1.29, 1.82) is 0 Å². The van der Waals surface area contributed by atoms with Crippen LogP contribution in [0.3, 0.4) is 0 Å². The fourth-order valence-electron chi connectivity index (χ4n) is 2.65. The molecule has 0 saturated carbocycles. The molecular formula is C19H17N5. The molecule has 0 unspecified atom stereocenters. The maximum absolute atomic E-state index is 4.67. The van der Waals surface area contributed by atoms with Gasteiger partial charge in [-0.3, -0.25) is 4.98 Å². The van der Waals surface area contributed by atoms with Crippen LogP contribution < -0.4 is 4.90 Å². The molecule has 0 fully saturated rings. The van der Waals surface area contributed by atoms with E-state index < -0.39 is 0 Å². The van der Waals surface area contributed by atoms with Gasteiger partial charge in [-0.1, -0.05) is 30.3 Å². The summed E-state index contributed by atoms with van der Waals surface area (Å²) in [6.07, 6.45) is 5.74. The zero-order valence-corrected chi connectivity index (χ0v) is 13.4. The Morgan fingerprint density at radius 1 is 0.917 bits per heavy atom. The first kappa shape index (κ1) is 14.4. The number of para-hydroxylation sites is 3. The standard InChI is InChI=1S/C19H17N5/c1-23(19-12-20-17-9-5-6-10-18(17)22-19)13-15-11-21-24(14-15)16-7-3-2-4-8-16/h2-12,14H,13H2,1H3. The van der Waals surface area contributed by atoms with Crippen molar-refractivity contribution in [3.63, 3.8) is 0 Å². The fourth-order valence-corrected chi connectivity index (χ4v) is 2.65. The molecule has 2 aromatic carbocycles. The van der Waals surface area contributed by atoms with E-state index in [0.717, 1.165) is 34.6 Å². The molecule has 2 heterocycles. The highest BCUT2D eigenvalue weighted by Gasteiger charge is 2.08. The molecule has 0 aliphatic rings. The van der Waals surface area contributed by atoms with Crippen molar-refractivity contribution >= 4 is 16.9 Å². The molecule has 118 valence electrons. The molecule has 4 rings (SSSR count). The second kappa shape index (κ2) is 6.12. The van der Waals surface area contributed by atoms with Crippen LogP contribution in [0.1, 0.15) is 5.56 Å². The van der Waals surface area contributed by atoms with Crippen LogP contribution in [0.25, 0.3) is 16.7 Å². The summed E-state index contributed by atoms with van der Waals surface area (Å²) in [6.45, 7) is 0.722. The van der Waals surface area contributed by atoms with E-state index in [1.807, 2.05) is 84.9 Å². The van der Waals surface area contributed by atoms with Crippen molar-refractivity contribution in [1.82, 2.24) is 19.7 Å². The van der Waals surface area contributed by atoms with Crippen molar-refractivity contribution < 1.29 is 0 Å². The average molecular weight is 315 g/mol. The first-order chi connectivity index (χ1) is 11.8. The lowest BCUT2D eigenvalue weighted by molar-refractivity contribution is 0.875. The van der Waals surface area contributed by atoms with Gasteiger partial charge in [0.1, 0.15) is 5.82 Å². The summed E-state index contributed by atoms with van der Waals surface area (Å²) in [7, 11) is 2.01. The molecule has 5 heteroatoms. The van der Waals surface area contributed by atoms with Gasteiger partial charge in [-0.25, -0.2) is 9.67 Å². The topological polar surface area (TPSA) is 46.8 Å². The largest absolute Gasteiger partial charge is 0.354 e. The van der Waals surface area contributed by atoms with Crippen LogP contribution in [-0.2, 0) is 6.54 Å². The van der Waals surface area contributed by atoms with Crippen molar-refractivity contribution in [2.75, 3.05) is 11.9 Å². The molecule has 0 saturated heterocycles. The Morgan fingerprint density at radius 3 is 2.50 bits per heavy atom. The Bertz CT molecular complexity index is 962. The maximum atomic E-state index is 4.67. The van der Waals surface area contributed by atoms with Crippen LogP contribution in [-0.4, -0.2) is 26.8 Å². The van der Waals surface area contributed by atoms with Gasteiger partial charge in [0.2, 0.25) is 0 Å². The quantitative estimate of drug-likeness (QED) is 0.579. The van der Waals surface area contributed by atoms with E-state index in [-0.39, 0.29) is 0 Å². The molecule has 0 bridgehead atoms. The third-order valence-electron chi connectivity index (χ3n) is 3.90. The summed E-state index contributed by atoms with van der Waals surface area (Å²) in [5, 5.41) is 4.44. The minimum absolute atomic E-state index is 0.722. The van der Waals surface area contributed by atoms with E-state index in [2.05, 4.69) is 20.0 Å². The Labute approximate surface area is 140 Å². The molecule has 0 atom stereocenters. The van der Waals surface area contributed by atoms with E-state index >= 15 is 0 Å². The average Bonchev–Trinajstić information content (AvgIpc) is 3.10. The second-order valence-electron chi connectivity index (χ2n) is 5.70. The highest BCUT2D eigenvalue weighted by atomic mass is 15.3. The Hall–Kier alpha value is -3.21. The minimum Gasteiger partial charge on any atom is -0.354 e. The summed E-state index contributed by atoms with van der Waals surface area (Å²) in [6, 6.07) is 18.0. The molecule has 5 nitrogen and oxygen atoms in total. The van der Waals surface area contributed by atoms with Crippen molar-refractivity contribution in [3.05, 3.63) is 78.8 Å². The van der Waals surface area contributed by atoms with Crippen molar-refractivity contribution in [3.8, 4) is 5.69 Å². The molecule has 0 aliphatic heterocycles. The molecule has 0 radical (unpaired) electrons. The number of fused-ring (bicyclic) bond motifs is 1. The lowest BCUT2D eigenvalue weighted by Crippen LogP contribution is -2.17. The summed E-state index contributed by atoms with van der Waals surface area (Å²) in [4.78, 5) is 11.2. The van der Waals surface area contributed by atoms with Crippen LogP contribution in [0.5, 0.6) is 0 Å². The molecule has 0 amide bonds. The predicted octanol–water partition coefficient (Wildman–Crippen LogP) is 3.45. The van der Waals surface area contributed by atoms with E-state index in [0.29, 0.717) is 0 Å². The first-order valence-electron chi connectivity index (χ1n) is 7.81. The summed E-state index contributed by atoms with van der Waals surface area (Å²) < 4.78 is 1.88. The van der Waals surface area contributed by atoms with Crippen LogP contribution in [0.4, 0.5) is 5.82 Å². The Kier molecular flexibility index (Phi) is 3.67. The summed E-state index contributed by atoms with van der Waals surface area (Å²) in [5.74, 6) is 0.848. The van der Waals surface area contributed by atoms with Gasteiger partial charge < -0.3 is 4.90 Å². The monoisotopic (exact) mass is 315 g/mol. The number of aromatic nitrogens is 4. The Morgan fingerprint density at radius 2 is 1.67 bits per heavy atom. The Balaban J connectivity index is 1.55. The van der Waals surface area contributed by atoms with Crippen molar-refractivity contribution in [2.24, 2.45) is 0 Å². The van der Waals surface area contributed by atoms with Crippen LogP contribution in [0.15, 0.2) is 73.2 Å². The lowest BCUT2D eigenvalue weighted by atomic mass is 10.3. The third kappa shape index (κ3) is 2.84. The van der Waals surface area contributed by atoms with Crippen LogP contribution in [0.2, 0.25) is 0 Å². The van der Waals surface area contributed by atoms with E-state index in [9.17, 15) is 0 Å². The third-order valence-corrected chi connectivity index (χ3v) is 3.90. The number of rotatable bonds is 4. The second-order valence-corrected chi connectivity index (χ2v) is 5.70. The van der Waals surface area contributed by atoms with Gasteiger partial charge >= 0.3 is 0 Å². The van der Waals surface area contributed by atoms with Gasteiger partial charge in [0.25, 0.3) is 0 Å². The molecule has 24 heavy (non-hydrogen) atoms. The van der Waals surface area contributed by atoms with Gasteiger partial charge in [-0.15, -0.1) is 0 Å². The van der Waals surface area contributed by atoms with Crippen LogP contribution >= 0.6 is 0 Å². The smallest absolute Gasteiger partial charge is 0.147 e. The van der Waals surface area contributed by atoms with Crippen LogP contribution in [0, 0.1) is 0 Å². The number of nitrogens with zero attached hydrogens (tertiary/aromatic N) is 5. The van der Waals surface area contributed by atoms with E-state index in [1.165, 1.54) is 0 Å². The normalized spacial score (nSPS) is 10.9. The number of hydrogen-bond donors (Lipinski definition) is 0. The predicted molar refractivity (Wildman–Crippen MR) is 95.2 cm³/mol. The summed E-state index contributed by atoms with van der Waals surface area (Å²) >= 11 is 0. The molecule has 0 N–H and O–H groups in total. The number of anilines is 1. The maximum Gasteiger partial charge on any atom is 0.147 e. The number of hydrogen-bond acceptors (Lipinski definition) is 4. The first-order valence-corrected chi connectivity index (χ1v) is 7.81. The van der Waals surface area contributed by atoms with Gasteiger partial charge in [0, 0.05) is 25.4 Å². The highest BCUT2D eigenvalue weighted by Crippen LogP contribution is 2.16. The molecular weight excluding hydrogens is 298 g/mol. The molecule has 0 aliphatic carbocycles. The van der Waals surface area contributed by atoms with Gasteiger partial charge in [0.05, 0.1) is 29.1 Å². The lowest BCUT2D eigenvalue weighted by Gasteiger charge is -2.17. The van der Waals surface area contributed by atoms with Gasteiger partial charge in [-0.05, 0) is 24.3 Å². The summed E-state index contributed by atoms with van der Waals surface area (Å²) in [5.41, 5.74) is 3.99. The number of benzene rings is 2. The van der Waals surface area contributed by atoms with Crippen molar-refractivity contribution in [2.45, 2.75) is 6.54 Å². The SMILES string of the molecule is CN(Cc1cnn(-c2ccccc2)c1)c1cnc2ccccc2n1. The molecule has 4 aromatic rings. The highest BCUT2D eigenvalue weighted by molar-refractivity contribution is 5.75. The molecule has 0 spiro atoms. The zero-order valence-electron chi connectivity index (χ0n) is 13.4. The fraction of sp³-hybridized carbons (Fsp3) is 0.105. The van der Waals surface area contributed by atoms with E-state index in [4.69, 9.17) is 0 Å². The van der Waals surface area contributed by atoms with Gasteiger partial charge in [-0.2, -0.15) is 5.10 Å². The zero-order chi connectivity index (χ0) is 16.4. The molecule has 2 aromatic heterocycles.